The fourth-order valence-corrected chi connectivity index (χ4v) is 0.804. The lowest BCUT2D eigenvalue weighted by Crippen LogP contribution is -2.18. The molecule has 11 heavy (non-hydrogen) atoms. The Bertz CT molecular complexity index is 104. The molecule has 0 bridgehead atoms. The Morgan fingerprint density at radius 2 is 2.09 bits per heavy atom. The van der Waals surface area contributed by atoms with Gasteiger partial charge in [-0.25, -0.2) is 0 Å². The van der Waals surface area contributed by atoms with Crippen LogP contribution in [0.2, 0.25) is 0 Å². The van der Waals surface area contributed by atoms with Gasteiger partial charge in [-0.15, -0.1) is 0 Å². The number of carbonyl (C=O) groups excluding carboxylic acids is 1. The van der Waals surface area contributed by atoms with E-state index in [0.717, 1.165) is 6.42 Å². The van der Waals surface area contributed by atoms with Crippen molar-refractivity contribution in [2.45, 2.75) is 32.6 Å². The predicted octanol–water partition coefficient (Wildman–Crippen LogP) is 1.07. The molecule has 0 aliphatic heterocycles. The first kappa shape index (κ1) is 10.4. The zero-order valence-corrected chi connectivity index (χ0v) is 7.14. The minimum absolute atomic E-state index is 0.0616. The van der Waals surface area contributed by atoms with Gasteiger partial charge in [0.15, 0.2) is 0 Å². The van der Waals surface area contributed by atoms with Crippen molar-refractivity contribution in [1.82, 2.24) is 0 Å². The quantitative estimate of drug-likeness (QED) is 0.565. The molecular formula is C8H17NO2. The van der Waals surface area contributed by atoms with Crippen LogP contribution >= 0.6 is 0 Å². The number of primary amides is 1. The number of rotatable bonds is 7. The molecule has 0 aliphatic carbocycles. The van der Waals surface area contributed by atoms with E-state index < -0.39 is 0 Å². The highest BCUT2D eigenvalue weighted by atomic mass is 16.5. The number of hydrogen-bond donors (Lipinski definition) is 1. The number of hydrogen-bond acceptors (Lipinski definition) is 2. The maximum atomic E-state index is 10.2. The van der Waals surface area contributed by atoms with Gasteiger partial charge >= 0.3 is 0 Å². The van der Waals surface area contributed by atoms with E-state index in [1.165, 1.54) is 19.3 Å². The van der Waals surface area contributed by atoms with E-state index in [9.17, 15) is 4.79 Å². The average molecular weight is 159 g/mol. The van der Waals surface area contributed by atoms with Crippen molar-refractivity contribution in [3.8, 4) is 0 Å². The molecule has 0 rings (SSSR count). The Kier molecular flexibility index (Phi) is 7.15. The van der Waals surface area contributed by atoms with Crippen LogP contribution in [0.25, 0.3) is 0 Å². The number of carbonyl (C=O) groups is 1. The van der Waals surface area contributed by atoms with Crippen molar-refractivity contribution in [1.29, 1.82) is 0 Å². The van der Waals surface area contributed by atoms with Gasteiger partial charge < -0.3 is 10.5 Å². The summed E-state index contributed by atoms with van der Waals surface area (Å²) in [5, 5.41) is 0. The molecular weight excluding hydrogens is 142 g/mol. The maximum absolute atomic E-state index is 10.2. The minimum atomic E-state index is -0.388. The van der Waals surface area contributed by atoms with Gasteiger partial charge in [-0.3, -0.25) is 4.79 Å². The molecule has 0 atom stereocenters. The van der Waals surface area contributed by atoms with Gasteiger partial charge in [0.05, 0.1) is 0 Å². The normalized spacial score (nSPS) is 9.91. The molecule has 0 fully saturated rings. The lowest BCUT2D eigenvalue weighted by atomic mass is 10.2. The lowest BCUT2D eigenvalue weighted by Gasteiger charge is -1.99. The summed E-state index contributed by atoms with van der Waals surface area (Å²) in [7, 11) is 0. The zero-order chi connectivity index (χ0) is 8.53. The van der Waals surface area contributed by atoms with Crippen molar-refractivity contribution in [2.75, 3.05) is 13.2 Å². The van der Waals surface area contributed by atoms with Gasteiger partial charge in [0.1, 0.15) is 6.61 Å². The number of ether oxygens (including phenoxy) is 1. The third kappa shape index (κ3) is 9.43. The molecule has 2 N–H and O–H groups in total. The van der Waals surface area contributed by atoms with Gasteiger partial charge in [0.25, 0.3) is 0 Å². The maximum Gasteiger partial charge on any atom is 0.243 e. The molecule has 0 aliphatic rings. The summed E-state index contributed by atoms with van der Waals surface area (Å²) in [5.74, 6) is -0.388. The van der Waals surface area contributed by atoms with E-state index in [2.05, 4.69) is 6.92 Å². The van der Waals surface area contributed by atoms with Crippen LogP contribution in [0.3, 0.4) is 0 Å². The lowest BCUT2D eigenvalue weighted by molar-refractivity contribution is -0.122. The number of amides is 1. The van der Waals surface area contributed by atoms with Gasteiger partial charge in [0, 0.05) is 6.61 Å². The molecule has 0 radical (unpaired) electrons. The number of unbranched alkanes of at least 4 members (excludes halogenated alkanes) is 3. The highest BCUT2D eigenvalue weighted by molar-refractivity contribution is 5.74. The van der Waals surface area contributed by atoms with E-state index in [-0.39, 0.29) is 12.5 Å². The Hall–Kier alpha value is -0.570. The largest absolute Gasteiger partial charge is 0.372 e. The molecule has 0 unspecified atom stereocenters. The Morgan fingerprint density at radius 3 is 2.64 bits per heavy atom. The molecule has 0 aromatic heterocycles. The van der Waals surface area contributed by atoms with E-state index in [0.29, 0.717) is 6.61 Å². The average Bonchev–Trinajstić information content (AvgIpc) is 1.96. The van der Waals surface area contributed by atoms with Crippen molar-refractivity contribution in [3.63, 3.8) is 0 Å². The second-order valence-electron chi connectivity index (χ2n) is 2.58. The molecule has 0 saturated carbocycles. The molecule has 0 aromatic rings. The minimum Gasteiger partial charge on any atom is -0.372 e. The molecule has 66 valence electrons. The summed E-state index contributed by atoms with van der Waals surface area (Å²) in [4.78, 5) is 10.2. The van der Waals surface area contributed by atoms with E-state index in [4.69, 9.17) is 10.5 Å². The second kappa shape index (κ2) is 7.54. The zero-order valence-electron chi connectivity index (χ0n) is 7.14. The van der Waals surface area contributed by atoms with Crippen LogP contribution in [0.15, 0.2) is 0 Å². The first-order valence-corrected chi connectivity index (χ1v) is 4.13. The molecule has 0 saturated heterocycles. The first-order chi connectivity index (χ1) is 5.27. The summed E-state index contributed by atoms with van der Waals surface area (Å²) < 4.78 is 4.97. The summed E-state index contributed by atoms with van der Waals surface area (Å²) in [6, 6.07) is 0. The molecule has 1 amide bonds. The smallest absolute Gasteiger partial charge is 0.243 e. The Balaban J connectivity index is 2.85. The van der Waals surface area contributed by atoms with Crippen LogP contribution in [0.5, 0.6) is 0 Å². The van der Waals surface area contributed by atoms with Crippen molar-refractivity contribution >= 4 is 5.91 Å². The third-order valence-corrected chi connectivity index (χ3v) is 1.39. The summed E-state index contributed by atoms with van der Waals surface area (Å²) >= 11 is 0. The van der Waals surface area contributed by atoms with Gasteiger partial charge in [-0.05, 0) is 6.42 Å². The molecule has 0 spiro atoms. The SMILES string of the molecule is CCCCCCOCC(N)=O. The van der Waals surface area contributed by atoms with Gasteiger partial charge in [-0.1, -0.05) is 26.2 Å². The van der Waals surface area contributed by atoms with Crippen molar-refractivity contribution in [2.24, 2.45) is 5.73 Å². The Labute approximate surface area is 67.9 Å². The van der Waals surface area contributed by atoms with Crippen molar-refractivity contribution in [3.05, 3.63) is 0 Å². The van der Waals surface area contributed by atoms with Crippen LogP contribution in [0, 0.1) is 0 Å². The first-order valence-electron chi connectivity index (χ1n) is 4.13. The highest BCUT2D eigenvalue weighted by Gasteiger charge is 1.92. The van der Waals surface area contributed by atoms with Gasteiger partial charge in [-0.2, -0.15) is 0 Å². The predicted molar refractivity (Wildman–Crippen MR) is 44.2 cm³/mol. The van der Waals surface area contributed by atoms with Crippen LogP contribution in [0.1, 0.15) is 32.6 Å². The van der Waals surface area contributed by atoms with Crippen LogP contribution in [0.4, 0.5) is 0 Å². The fraction of sp³-hybridized carbons (Fsp3) is 0.875. The highest BCUT2D eigenvalue weighted by Crippen LogP contribution is 1.98. The summed E-state index contributed by atoms with van der Waals surface area (Å²) in [5.41, 5.74) is 4.87. The fourth-order valence-electron chi connectivity index (χ4n) is 0.804. The molecule has 0 aromatic carbocycles. The van der Waals surface area contributed by atoms with Crippen molar-refractivity contribution < 1.29 is 9.53 Å². The number of nitrogens with two attached hydrogens (primary N) is 1. The van der Waals surface area contributed by atoms with Crippen LogP contribution < -0.4 is 5.73 Å². The van der Waals surface area contributed by atoms with E-state index in [1.807, 2.05) is 0 Å². The molecule has 3 heteroatoms. The van der Waals surface area contributed by atoms with E-state index in [1.54, 1.807) is 0 Å². The molecule has 3 nitrogen and oxygen atoms in total. The van der Waals surface area contributed by atoms with E-state index >= 15 is 0 Å². The summed E-state index contributed by atoms with van der Waals surface area (Å²) in [6.45, 7) is 2.87. The van der Waals surface area contributed by atoms with Crippen LogP contribution in [-0.4, -0.2) is 19.1 Å². The monoisotopic (exact) mass is 159 g/mol. The summed E-state index contributed by atoms with van der Waals surface area (Å²) in [6.07, 6.45) is 4.66. The topological polar surface area (TPSA) is 52.3 Å². The standard InChI is InChI=1S/C8H17NO2/c1-2-3-4-5-6-11-7-8(9)10/h2-7H2,1H3,(H2,9,10). The third-order valence-electron chi connectivity index (χ3n) is 1.39. The van der Waals surface area contributed by atoms with Gasteiger partial charge in [0.2, 0.25) is 5.91 Å². The molecule has 0 heterocycles. The van der Waals surface area contributed by atoms with Crippen LogP contribution in [-0.2, 0) is 9.53 Å². The Morgan fingerprint density at radius 1 is 1.36 bits per heavy atom. The second-order valence-corrected chi connectivity index (χ2v) is 2.58.